The molecule has 1 amide bonds. The molecule has 0 bridgehead atoms. The Bertz CT molecular complexity index is 818. The van der Waals surface area contributed by atoms with Crippen LogP contribution in [0.2, 0.25) is 0 Å². The van der Waals surface area contributed by atoms with Gasteiger partial charge in [0.2, 0.25) is 0 Å². The second kappa shape index (κ2) is 6.60. The summed E-state index contributed by atoms with van der Waals surface area (Å²) < 4.78 is 49.4. The summed E-state index contributed by atoms with van der Waals surface area (Å²) in [5.41, 5.74) is -1.20. The Balaban J connectivity index is 2.20. The van der Waals surface area contributed by atoms with E-state index in [1.54, 1.807) is 18.2 Å². The molecular weight excluding hydrogens is 334 g/mol. The monoisotopic (exact) mass is 343 g/mol. The molecule has 2 rings (SSSR count). The fraction of sp³-hybridized carbons (Fsp3) is 0.143. The SMILES string of the molecule is O=C(Nc1ccn(C(=O)C(F)C(F)(F)F)c(=O)n1)c1ccccc1. The fourth-order valence-corrected chi connectivity index (χ4v) is 1.68. The van der Waals surface area contributed by atoms with E-state index in [1.807, 2.05) is 0 Å². The molecule has 1 aromatic heterocycles. The number of carbonyl (C=O) groups is 2. The molecule has 0 radical (unpaired) electrons. The summed E-state index contributed by atoms with van der Waals surface area (Å²) in [6.45, 7) is 0. The van der Waals surface area contributed by atoms with Crippen molar-refractivity contribution < 1.29 is 27.2 Å². The van der Waals surface area contributed by atoms with Gasteiger partial charge in [0, 0.05) is 11.8 Å². The van der Waals surface area contributed by atoms with Crippen molar-refractivity contribution >= 4 is 17.6 Å². The number of nitrogens with zero attached hydrogens (tertiary/aromatic N) is 2. The first-order valence-electron chi connectivity index (χ1n) is 6.41. The van der Waals surface area contributed by atoms with Gasteiger partial charge >= 0.3 is 11.9 Å². The van der Waals surface area contributed by atoms with E-state index in [-0.39, 0.29) is 15.9 Å². The average Bonchev–Trinajstić information content (AvgIpc) is 2.53. The summed E-state index contributed by atoms with van der Waals surface area (Å²) in [5.74, 6) is -3.02. The number of hydrogen-bond acceptors (Lipinski definition) is 4. The maximum Gasteiger partial charge on any atom is 0.428 e. The van der Waals surface area contributed by atoms with Crippen LogP contribution in [0, 0.1) is 0 Å². The third-order valence-corrected chi connectivity index (χ3v) is 2.82. The van der Waals surface area contributed by atoms with Gasteiger partial charge in [0.15, 0.2) is 0 Å². The van der Waals surface area contributed by atoms with Crippen molar-refractivity contribution in [2.75, 3.05) is 5.32 Å². The minimum atomic E-state index is -5.43. The zero-order valence-electron chi connectivity index (χ0n) is 11.7. The largest absolute Gasteiger partial charge is 0.428 e. The number of aromatic nitrogens is 2. The van der Waals surface area contributed by atoms with Gasteiger partial charge in [-0.3, -0.25) is 9.59 Å². The van der Waals surface area contributed by atoms with E-state index in [9.17, 15) is 31.9 Å². The second-order valence-corrected chi connectivity index (χ2v) is 4.53. The van der Waals surface area contributed by atoms with Crippen LogP contribution in [-0.2, 0) is 0 Å². The number of alkyl halides is 4. The van der Waals surface area contributed by atoms with E-state index in [4.69, 9.17) is 0 Å². The number of rotatable bonds is 3. The fourth-order valence-electron chi connectivity index (χ4n) is 1.68. The van der Waals surface area contributed by atoms with Crippen molar-refractivity contribution in [3.63, 3.8) is 0 Å². The lowest BCUT2D eigenvalue weighted by Gasteiger charge is -2.12. The minimum absolute atomic E-state index is 0.115. The summed E-state index contributed by atoms with van der Waals surface area (Å²) in [4.78, 5) is 38.0. The predicted octanol–water partition coefficient (Wildman–Crippen LogP) is 2.04. The first kappa shape index (κ1) is 17.3. The first-order valence-corrected chi connectivity index (χ1v) is 6.41. The zero-order chi connectivity index (χ0) is 17.9. The highest BCUT2D eigenvalue weighted by molar-refractivity contribution is 6.03. The Kier molecular flexibility index (Phi) is 4.77. The highest BCUT2D eigenvalue weighted by Crippen LogP contribution is 2.23. The highest BCUT2D eigenvalue weighted by atomic mass is 19.4. The molecule has 10 heteroatoms. The summed E-state index contributed by atoms with van der Waals surface area (Å²) >= 11 is 0. The van der Waals surface area contributed by atoms with Gasteiger partial charge in [-0.25, -0.2) is 13.8 Å². The molecule has 0 aliphatic rings. The zero-order valence-corrected chi connectivity index (χ0v) is 11.7. The molecule has 24 heavy (non-hydrogen) atoms. The van der Waals surface area contributed by atoms with Gasteiger partial charge in [-0.1, -0.05) is 18.2 Å². The van der Waals surface area contributed by atoms with Crippen LogP contribution in [0.1, 0.15) is 15.2 Å². The normalized spacial score (nSPS) is 12.5. The molecule has 0 saturated heterocycles. The molecule has 0 fully saturated rings. The summed E-state index contributed by atoms with van der Waals surface area (Å²) in [5, 5.41) is 2.23. The molecule has 1 heterocycles. The van der Waals surface area contributed by atoms with E-state index >= 15 is 0 Å². The van der Waals surface area contributed by atoms with Crippen LogP contribution in [0.25, 0.3) is 0 Å². The maximum absolute atomic E-state index is 13.0. The van der Waals surface area contributed by atoms with Crippen molar-refractivity contribution in [1.29, 1.82) is 0 Å². The number of benzene rings is 1. The number of carbonyl (C=O) groups excluding carboxylic acids is 2. The van der Waals surface area contributed by atoms with E-state index in [2.05, 4.69) is 10.3 Å². The number of hydrogen-bond donors (Lipinski definition) is 1. The van der Waals surface area contributed by atoms with Gasteiger partial charge in [-0.2, -0.15) is 18.2 Å². The Morgan fingerprint density at radius 1 is 1.12 bits per heavy atom. The molecule has 0 spiro atoms. The molecule has 0 saturated carbocycles. The van der Waals surface area contributed by atoms with Gasteiger partial charge in [-0.15, -0.1) is 0 Å². The molecule has 1 N–H and O–H groups in total. The Hall–Kier alpha value is -3.04. The van der Waals surface area contributed by atoms with Gasteiger partial charge in [0.1, 0.15) is 5.82 Å². The third kappa shape index (κ3) is 3.83. The molecule has 0 aliphatic heterocycles. The maximum atomic E-state index is 13.0. The highest BCUT2D eigenvalue weighted by Gasteiger charge is 2.46. The second-order valence-electron chi connectivity index (χ2n) is 4.53. The van der Waals surface area contributed by atoms with Crippen LogP contribution in [-0.4, -0.2) is 33.7 Å². The van der Waals surface area contributed by atoms with Crippen LogP contribution in [0.15, 0.2) is 47.4 Å². The van der Waals surface area contributed by atoms with Gasteiger partial charge in [0.05, 0.1) is 0 Å². The number of amides is 1. The number of halogens is 4. The lowest BCUT2D eigenvalue weighted by atomic mass is 10.2. The van der Waals surface area contributed by atoms with E-state index in [1.165, 1.54) is 12.1 Å². The molecule has 1 atom stereocenters. The van der Waals surface area contributed by atoms with Crippen molar-refractivity contribution in [2.45, 2.75) is 12.3 Å². The Morgan fingerprint density at radius 3 is 2.29 bits per heavy atom. The average molecular weight is 343 g/mol. The Morgan fingerprint density at radius 2 is 1.75 bits per heavy atom. The molecular formula is C14H9F4N3O3. The number of nitrogens with one attached hydrogen (secondary N) is 1. The molecule has 0 aliphatic carbocycles. The summed E-state index contributed by atoms with van der Waals surface area (Å²) in [6.07, 6.45) is -8.67. The third-order valence-electron chi connectivity index (χ3n) is 2.82. The molecule has 1 unspecified atom stereocenters. The van der Waals surface area contributed by atoms with E-state index in [0.717, 1.165) is 6.07 Å². The van der Waals surface area contributed by atoms with Crippen LogP contribution in [0.5, 0.6) is 0 Å². The van der Waals surface area contributed by atoms with Crippen LogP contribution >= 0.6 is 0 Å². The van der Waals surface area contributed by atoms with Crippen LogP contribution in [0.4, 0.5) is 23.4 Å². The van der Waals surface area contributed by atoms with E-state index in [0.29, 0.717) is 6.20 Å². The minimum Gasteiger partial charge on any atom is -0.306 e. The molecule has 126 valence electrons. The quantitative estimate of drug-likeness (QED) is 0.865. The van der Waals surface area contributed by atoms with Crippen molar-refractivity contribution in [3.8, 4) is 0 Å². The summed E-state index contributed by atoms with van der Waals surface area (Å²) in [6, 6.07) is 8.74. The molecule has 2 aromatic rings. The van der Waals surface area contributed by atoms with Crippen LogP contribution < -0.4 is 11.0 Å². The van der Waals surface area contributed by atoms with Gasteiger partial charge < -0.3 is 5.32 Å². The lowest BCUT2D eigenvalue weighted by Crippen LogP contribution is -2.41. The predicted molar refractivity (Wildman–Crippen MR) is 74.5 cm³/mol. The van der Waals surface area contributed by atoms with Gasteiger partial charge in [0.25, 0.3) is 18.0 Å². The van der Waals surface area contributed by atoms with E-state index < -0.39 is 29.9 Å². The van der Waals surface area contributed by atoms with Crippen molar-refractivity contribution in [1.82, 2.24) is 9.55 Å². The van der Waals surface area contributed by atoms with Crippen LogP contribution in [0.3, 0.4) is 0 Å². The number of anilines is 1. The Labute approximate surface area is 131 Å². The lowest BCUT2D eigenvalue weighted by molar-refractivity contribution is -0.167. The smallest absolute Gasteiger partial charge is 0.306 e. The standard InChI is InChI=1S/C14H9F4N3O3/c15-10(14(16,17)18)12(23)21-7-6-9(20-13(21)24)19-11(22)8-4-2-1-3-5-8/h1-7,10H,(H,19,20,22,24). The molecule has 1 aromatic carbocycles. The van der Waals surface area contributed by atoms with Gasteiger partial charge in [-0.05, 0) is 18.2 Å². The van der Waals surface area contributed by atoms with Crippen molar-refractivity contribution in [2.24, 2.45) is 0 Å². The first-order chi connectivity index (χ1) is 11.2. The summed E-state index contributed by atoms with van der Waals surface area (Å²) in [7, 11) is 0. The topological polar surface area (TPSA) is 81.1 Å². The van der Waals surface area contributed by atoms with Crippen molar-refractivity contribution in [3.05, 3.63) is 58.6 Å². The molecule has 6 nitrogen and oxygen atoms in total.